The highest BCUT2D eigenvalue weighted by Gasteiger charge is 1.91. The van der Waals surface area contributed by atoms with Crippen molar-refractivity contribution in [3.63, 3.8) is 0 Å². The molecule has 0 fully saturated rings. The number of halogens is 2. The van der Waals surface area contributed by atoms with Gasteiger partial charge in [-0.3, -0.25) is 5.43 Å². The maximum atomic E-state index is 5.87. The SMILES string of the molecule is Clc1cccc(C=NNc2cccc(Br)c2)c1. The van der Waals surface area contributed by atoms with E-state index in [9.17, 15) is 0 Å². The van der Waals surface area contributed by atoms with Gasteiger partial charge in [0, 0.05) is 9.50 Å². The van der Waals surface area contributed by atoms with Gasteiger partial charge in [0.2, 0.25) is 0 Å². The molecular weight excluding hydrogens is 300 g/mol. The Bertz CT molecular complexity index is 540. The van der Waals surface area contributed by atoms with Crippen molar-refractivity contribution >= 4 is 39.4 Å². The van der Waals surface area contributed by atoms with Gasteiger partial charge >= 0.3 is 0 Å². The number of hydrogen-bond acceptors (Lipinski definition) is 2. The molecule has 2 aromatic carbocycles. The summed E-state index contributed by atoms with van der Waals surface area (Å²) in [6.45, 7) is 0. The molecule has 86 valence electrons. The van der Waals surface area contributed by atoms with Crippen LogP contribution in [0.3, 0.4) is 0 Å². The maximum absolute atomic E-state index is 5.87. The number of nitrogens with one attached hydrogen (secondary N) is 1. The van der Waals surface area contributed by atoms with Crippen LogP contribution in [0.15, 0.2) is 58.1 Å². The molecule has 0 atom stereocenters. The van der Waals surface area contributed by atoms with E-state index in [1.165, 1.54) is 0 Å². The monoisotopic (exact) mass is 308 g/mol. The summed E-state index contributed by atoms with van der Waals surface area (Å²) in [5, 5.41) is 4.84. The lowest BCUT2D eigenvalue weighted by Gasteiger charge is -2.00. The minimum Gasteiger partial charge on any atom is -0.278 e. The number of hydrazone groups is 1. The van der Waals surface area contributed by atoms with Gasteiger partial charge in [-0.15, -0.1) is 0 Å². The summed E-state index contributed by atoms with van der Waals surface area (Å²) in [7, 11) is 0. The summed E-state index contributed by atoms with van der Waals surface area (Å²) in [5.41, 5.74) is 4.84. The fourth-order valence-corrected chi connectivity index (χ4v) is 1.92. The van der Waals surface area contributed by atoms with E-state index >= 15 is 0 Å². The fourth-order valence-electron chi connectivity index (χ4n) is 1.33. The Labute approximate surface area is 113 Å². The molecule has 0 bridgehead atoms. The number of nitrogens with zero attached hydrogens (tertiary/aromatic N) is 1. The third kappa shape index (κ3) is 3.88. The van der Waals surface area contributed by atoms with E-state index in [-0.39, 0.29) is 0 Å². The van der Waals surface area contributed by atoms with Crippen molar-refractivity contribution in [2.75, 3.05) is 5.43 Å². The standard InChI is InChI=1S/C13H10BrClN2/c14-11-4-2-6-13(8-11)17-16-9-10-3-1-5-12(15)7-10/h1-9,17H. The van der Waals surface area contributed by atoms with Crippen LogP contribution in [0.1, 0.15) is 5.56 Å². The van der Waals surface area contributed by atoms with Crippen LogP contribution in [-0.4, -0.2) is 6.21 Å². The van der Waals surface area contributed by atoms with Crippen LogP contribution in [0.5, 0.6) is 0 Å². The Hall–Kier alpha value is -1.32. The van der Waals surface area contributed by atoms with Gasteiger partial charge in [-0.1, -0.05) is 45.7 Å². The van der Waals surface area contributed by atoms with Crippen molar-refractivity contribution in [3.05, 3.63) is 63.6 Å². The first kappa shape index (κ1) is 12.1. The van der Waals surface area contributed by atoms with Crippen LogP contribution < -0.4 is 5.43 Å². The first-order chi connectivity index (χ1) is 8.24. The van der Waals surface area contributed by atoms with Crippen molar-refractivity contribution in [2.24, 2.45) is 5.10 Å². The van der Waals surface area contributed by atoms with Crippen molar-refractivity contribution in [1.82, 2.24) is 0 Å². The van der Waals surface area contributed by atoms with E-state index < -0.39 is 0 Å². The normalized spacial score (nSPS) is 10.7. The molecule has 0 unspecified atom stereocenters. The zero-order chi connectivity index (χ0) is 12.1. The van der Waals surface area contributed by atoms with Gasteiger partial charge in [0.25, 0.3) is 0 Å². The zero-order valence-corrected chi connectivity index (χ0v) is 11.2. The van der Waals surface area contributed by atoms with Crippen LogP contribution in [0.25, 0.3) is 0 Å². The predicted molar refractivity (Wildman–Crippen MR) is 76.8 cm³/mol. The van der Waals surface area contributed by atoms with Crippen LogP contribution >= 0.6 is 27.5 Å². The van der Waals surface area contributed by atoms with Gasteiger partial charge in [0.1, 0.15) is 0 Å². The highest BCUT2D eigenvalue weighted by Crippen LogP contribution is 2.15. The van der Waals surface area contributed by atoms with Gasteiger partial charge in [0.05, 0.1) is 11.9 Å². The molecule has 0 aromatic heterocycles. The molecule has 0 amide bonds. The molecule has 2 nitrogen and oxygen atoms in total. The average molecular weight is 310 g/mol. The third-order valence-corrected chi connectivity index (χ3v) is 2.81. The lowest BCUT2D eigenvalue weighted by Crippen LogP contribution is -1.90. The molecule has 0 radical (unpaired) electrons. The summed E-state index contributed by atoms with van der Waals surface area (Å²) in [4.78, 5) is 0. The largest absolute Gasteiger partial charge is 0.278 e. The molecular formula is C13H10BrClN2. The summed E-state index contributed by atoms with van der Waals surface area (Å²) >= 11 is 9.27. The Morgan fingerprint density at radius 3 is 2.71 bits per heavy atom. The quantitative estimate of drug-likeness (QED) is 0.653. The second-order valence-corrected chi connectivity index (χ2v) is 4.79. The molecule has 0 aliphatic rings. The van der Waals surface area contributed by atoms with Crippen LogP contribution in [0.2, 0.25) is 5.02 Å². The average Bonchev–Trinajstić information content (AvgIpc) is 2.29. The van der Waals surface area contributed by atoms with Gasteiger partial charge in [-0.25, -0.2) is 0 Å². The maximum Gasteiger partial charge on any atom is 0.0573 e. The molecule has 1 N–H and O–H groups in total. The Balaban J connectivity index is 2.03. The van der Waals surface area contributed by atoms with Gasteiger partial charge in [-0.05, 0) is 35.9 Å². The molecule has 17 heavy (non-hydrogen) atoms. The van der Waals surface area contributed by atoms with E-state index in [2.05, 4.69) is 26.5 Å². The van der Waals surface area contributed by atoms with Crippen molar-refractivity contribution < 1.29 is 0 Å². The molecule has 2 aromatic rings. The molecule has 2 rings (SSSR count). The highest BCUT2D eigenvalue weighted by molar-refractivity contribution is 9.10. The second kappa shape index (κ2) is 5.84. The van der Waals surface area contributed by atoms with Gasteiger partial charge in [0.15, 0.2) is 0 Å². The first-order valence-corrected chi connectivity index (χ1v) is 6.21. The molecule has 0 saturated heterocycles. The molecule has 0 aliphatic heterocycles. The molecule has 0 saturated carbocycles. The molecule has 4 heteroatoms. The molecule has 0 aliphatic carbocycles. The summed E-state index contributed by atoms with van der Waals surface area (Å²) in [6, 6.07) is 15.3. The summed E-state index contributed by atoms with van der Waals surface area (Å²) in [5.74, 6) is 0. The fraction of sp³-hybridized carbons (Fsp3) is 0. The van der Waals surface area contributed by atoms with Gasteiger partial charge < -0.3 is 0 Å². The zero-order valence-electron chi connectivity index (χ0n) is 8.90. The first-order valence-electron chi connectivity index (χ1n) is 5.04. The predicted octanol–water partition coefficient (Wildman–Crippen LogP) is 4.55. The van der Waals surface area contributed by atoms with Crippen molar-refractivity contribution in [1.29, 1.82) is 0 Å². The lowest BCUT2D eigenvalue weighted by atomic mass is 10.2. The smallest absolute Gasteiger partial charge is 0.0573 e. The lowest BCUT2D eigenvalue weighted by molar-refractivity contribution is 1.35. The molecule has 0 heterocycles. The van der Waals surface area contributed by atoms with E-state index in [1.54, 1.807) is 6.21 Å². The molecule has 0 spiro atoms. The Morgan fingerprint density at radius 2 is 1.94 bits per heavy atom. The number of rotatable bonds is 3. The minimum absolute atomic E-state index is 0.705. The Kier molecular flexibility index (Phi) is 4.18. The minimum atomic E-state index is 0.705. The van der Waals surface area contributed by atoms with E-state index in [0.29, 0.717) is 5.02 Å². The number of benzene rings is 2. The van der Waals surface area contributed by atoms with E-state index in [1.807, 2.05) is 48.5 Å². The number of anilines is 1. The topological polar surface area (TPSA) is 24.4 Å². The van der Waals surface area contributed by atoms with E-state index in [0.717, 1.165) is 15.7 Å². The summed E-state index contributed by atoms with van der Waals surface area (Å²) < 4.78 is 1.01. The van der Waals surface area contributed by atoms with Crippen LogP contribution in [-0.2, 0) is 0 Å². The van der Waals surface area contributed by atoms with E-state index in [4.69, 9.17) is 11.6 Å². The number of hydrogen-bond donors (Lipinski definition) is 1. The second-order valence-electron chi connectivity index (χ2n) is 3.44. The van der Waals surface area contributed by atoms with Gasteiger partial charge in [-0.2, -0.15) is 5.10 Å². The van der Waals surface area contributed by atoms with Crippen molar-refractivity contribution in [3.8, 4) is 0 Å². The van der Waals surface area contributed by atoms with Crippen LogP contribution in [0, 0.1) is 0 Å². The third-order valence-electron chi connectivity index (χ3n) is 2.08. The van der Waals surface area contributed by atoms with Crippen LogP contribution in [0.4, 0.5) is 5.69 Å². The van der Waals surface area contributed by atoms with Crippen molar-refractivity contribution in [2.45, 2.75) is 0 Å². The summed E-state index contributed by atoms with van der Waals surface area (Å²) in [6.07, 6.45) is 1.73. The Morgan fingerprint density at radius 1 is 1.12 bits per heavy atom. The highest BCUT2D eigenvalue weighted by atomic mass is 79.9.